The lowest BCUT2D eigenvalue weighted by Crippen LogP contribution is -2.00. The first-order valence-corrected chi connectivity index (χ1v) is 7.05. The van der Waals surface area contributed by atoms with E-state index in [4.69, 9.17) is 11.6 Å². The summed E-state index contributed by atoms with van der Waals surface area (Å²) in [5, 5.41) is 0.452. The van der Waals surface area contributed by atoms with Crippen LogP contribution in [0.25, 0.3) is 11.4 Å². The van der Waals surface area contributed by atoms with Gasteiger partial charge in [0.05, 0.1) is 9.26 Å². The second-order valence-electron chi connectivity index (χ2n) is 3.86. The highest BCUT2D eigenvalue weighted by molar-refractivity contribution is 14.1. The van der Waals surface area contributed by atoms with Gasteiger partial charge in [-0.2, -0.15) is 0 Å². The van der Waals surface area contributed by atoms with E-state index in [2.05, 4.69) is 39.5 Å². The molecule has 0 atom stereocenters. The molecule has 0 saturated heterocycles. The van der Waals surface area contributed by atoms with E-state index in [0.29, 0.717) is 11.0 Å². The summed E-state index contributed by atoms with van der Waals surface area (Å²) >= 11 is 8.26. The molecule has 94 valence electrons. The number of hydrogen-bond acceptors (Lipinski definition) is 2. The molecule has 1 heterocycles. The SMILES string of the molecule is CCCc1nc(-c2ccc(F)cc2)nc(Cl)c1I. The lowest BCUT2D eigenvalue weighted by molar-refractivity contribution is 0.628. The van der Waals surface area contributed by atoms with Crippen LogP contribution in [-0.4, -0.2) is 9.97 Å². The largest absolute Gasteiger partial charge is 0.232 e. The van der Waals surface area contributed by atoms with Crippen molar-refractivity contribution in [1.82, 2.24) is 9.97 Å². The van der Waals surface area contributed by atoms with E-state index in [1.165, 1.54) is 12.1 Å². The van der Waals surface area contributed by atoms with Crippen LogP contribution in [0.3, 0.4) is 0 Å². The Morgan fingerprint density at radius 2 is 1.89 bits per heavy atom. The van der Waals surface area contributed by atoms with Crippen molar-refractivity contribution in [3.8, 4) is 11.4 Å². The fraction of sp³-hybridized carbons (Fsp3) is 0.231. The molecule has 0 bridgehead atoms. The minimum atomic E-state index is -0.274. The molecule has 0 aliphatic heterocycles. The highest BCUT2D eigenvalue weighted by Gasteiger charge is 2.11. The summed E-state index contributed by atoms with van der Waals surface area (Å²) < 4.78 is 13.8. The second kappa shape index (κ2) is 5.93. The van der Waals surface area contributed by atoms with E-state index in [-0.39, 0.29) is 5.82 Å². The third-order valence-corrected chi connectivity index (χ3v) is 4.19. The predicted octanol–water partition coefficient (Wildman–Crippen LogP) is 4.49. The first-order chi connectivity index (χ1) is 8.61. The van der Waals surface area contributed by atoms with Crippen molar-refractivity contribution in [2.24, 2.45) is 0 Å². The zero-order valence-electron chi connectivity index (χ0n) is 9.75. The van der Waals surface area contributed by atoms with Crippen molar-refractivity contribution in [3.05, 3.63) is 44.5 Å². The Balaban J connectivity index is 2.48. The van der Waals surface area contributed by atoms with E-state index in [1.807, 2.05) is 0 Å². The molecule has 2 aromatic rings. The Bertz CT molecular complexity index is 558. The molecule has 2 rings (SSSR count). The quantitative estimate of drug-likeness (QED) is 0.582. The Morgan fingerprint density at radius 3 is 2.50 bits per heavy atom. The zero-order valence-corrected chi connectivity index (χ0v) is 12.7. The van der Waals surface area contributed by atoms with Gasteiger partial charge in [-0.15, -0.1) is 0 Å². The van der Waals surface area contributed by atoms with Crippen LogP contribution < -0.4 is 0 Å². The van der Waals surface area contributed by atoms with Crippen LogP contribution in [0, 0.1) is 9.39 Å². The van der Waals surface area contributed by atoms with Gasteiger partial charge in [-0.1, -0.05) is 24.9 Å². The summed E-state index contributed by atoms with van der Waals surface area (Å²) in [4.78, 5) is 8.74. The number of aryl methyl sites for hydroxylation is 1. The normalized spacial score (nSPS) is 10.7. The van der Waals surface area contributed by atoms with Crippen molar-refractivity contribution < 1.29 is 4.39 Å². The second-order valence-corrected chi connectivity index (χ2v) is 5.29. The molecular weight excluding hydrogens is 366 g/mol. The van der Waals surface area contributed by atoms with Gasteiger partial charge in [-0.25, -0.2) is 14.4 Å². The third-order valence-electron chi connectivity index (χ3n) is 2.47. The van der Waals surface area contributed by atoms with E-state index < -0.39 is 0 Å². The first kappa shape index (κ1) is 13.7. The molecule has 0 N–H and O–H groups in total. The van der Waals surface area contributed by atoms with Gasteiger partial charge in [0.25, 0.3) is 0 Å². The Kier molecular flexibility index (Phi) is 4.50. The van der Waals surface area contributed by atoms with Gasteiger partial charge in [0, 0.05) is 5.56 Å². The molecule has 0 aliphatic carbocycles. The molecule has 0 aliphatic rings. The molecule has 0 radical (unpaired) electrons. The van der Waals surface area contributed by atoms with Crippen molar-refractivity contribution in [2.45, 2.75) is 19.8 Å². The number of aromatic nitrogens is 2. The number of halogens is 3. The third kappa shape index (κ3) is 2.98. The first-order valence-electron chi connectivity index (χ1n) is 5.59. The molecular formula is C13H11ClFIN2. The zero-order chi connectivity index (χ0) is 13.1. The lowest BCUT2D eigenvalue weighted by atomic mass is 10.2. The maximum atomic E-state index is 12.9. The molecule has 1 aromatic carbocycles. The van der Waals surface area contributed by atoms with Gasteiger partial charge in [0.2, 0.25) is 0 Å². The average molecular weight is 377 g/mol. The minimum absolute atomic E-state index is 0.274. The molecule has 1 aromatic heterocycles. The van der Waals surface area contributed by atoms with Gasteiger partial charge < -0.3 is 0 Å². The molecule has 0 spiro atoms. The standard InChI is InChI=1S/C13H11ClFIN2/c1-2-3-10-11(16)12(14)18-13(17-10)8-4-6-9(15)7-5-8/h4-7H,2-3H2,1H3. The molecule has 0 amide bonds. The highest BCUT2D eigenvalue weighted by Crippen LogP contribution is 2.24. The predicted molar refractivity (Wildman–Crippen MR) is 79.1 cm³/mol. The summed E-state index contributed by atoms with van der Waals surface area (Å²) in [6, 6.07) is 6.10. The van der Waals surface area contributed by atoms with Gasteiger partial charge >= 0.3 is 0 Å². The maximum absolute atomic E-state index is 12.9. The number of rotatable bonds is 3. The fourth-order valence-corrected chi connectivity index (χ4v) is 2.29. The Labute approximate surface area is 124 Å². The van der Waals surface area contributed by atoms with E-state index in [1.54, 1.807) is 12.1 Å². The number of benzene rings is 1. The van der Waals surface area contributed by atoms with E-state index >= 15 is 0 Å². The van der Waals surface area contributed by atoms with Gasteiger partial charge in [0.1, 0.15) is 11.0 Å². The van der Waals surface area contributed by atoms with Crippen LogP contribution in [0.2, 0.25) is 5.15 Å². The fourth-order valence-electron chi connectivity index (χ4n) is 1.59. The highest BCUT2D eigenvalue weighted by atomic mass is 127. The van der Waals surface area contributed by atoms with E-state index in [9.17, 15) is 4.39 Å². The van der Waals surface area contributed by atoms with Crippen LogP contribution in [0.15, 0.2) is 24.3 Å². The van der Waals surface area contributed by atoms with Crippen LogP contribution >= 0.6 is 34.2 Å². The molecule has 18 heavy (non-hydrogen) atoms. The van der Waals surface area contributed by atoms with Crippen LogP contribution in [0.1, 0.15) is 19.0 Å². The van der Waals surface area contributed by atoms with Gasteiger partial charge in [0.15, 0.2) is 5.82 Å². The van der Waals surface area contributed by atoms with Gasteiger partial charge in [-0.05, 0) is 53.3 Å². The summed E-state index contributed by atoms with van der Waals surface area (Å²) in [5.74, 6) is 0.271. The van der Waals surface area contributed by atoms with Gasteiger partial charge in [-0.3, -0.25) is 0 Å². The smallest absolute Gasteiger partial charge is 0.161 e. The van der Waals surface area contributed by atoms with Crippen molar-refractivity contribution in [1.29, 1.82) is 0 Å². The Morgan fingerprint density at radius 1 is 1.22 bits per heavy atom. The van der Waals surface area contributed by atoms with Crippen LogP contribution in [0.5, 0.6) is 0 Å². The lowest BCUT2D eigenvalue weighted by Gasteiger charge is -2.07. The topological polar surface area (TPSA) is 25.8 Å². The number of nitrogens with zero attached hydrogens (tertiary/aromatic N) is 2. The molecule has 0 saturated carbocycles. The Hall–Kier alpha value is -0.750. The van der Waals surface area contributed by atoms with Crippen molar-refractivity contribution in [3.63, 3.8) is 0 Å². The van der Waals surface area contributed by atoms with Crippen LogP contribution in [0.4, 0.5) is 4.39 Å². The van der Waals surface area contributed by atoms with Crippen molar-refractivity contribution in [2.75, 3.05) is 0 Å². The minimum Gasteiger partial charge on any atom is -0.232 e. The van der Waals surface area contributed by atoms with Crippen LogP contribution in [-0.2, 0) is 6.42 Å². The summed E-state index contributed by atoms with van der Waals surface area (Å²) in [7, 11) is 0. The molecule has 0 unspecified atom stereocenters. The molecule has 2 nitrogen and oxygen atoms in total. The maximum Gasteiger partial charge on any atom is 0.161 e. The molecule has 5 heteroatoms. The van der Waals surface area contributed by atoms with E-state index in [0.717, 1.165) is 27.7 Å². The van der Waals surface area contributed by atoms with Crippen molar-refractivity contribution >= 4 is 34.2 Å². The number of hydrogen-bond donors (Lipinski definition) is 0. The molecule has 0 fully saturated rings. The average Bonchev–Trinajstić information content (AvgIpc) is 2.36. The monoisotopic (exact) mass is 376 g/mol. The summed E-state index contributed by atoms with van der Waals surface area (Å²) in [6.07, 6.45) is 1.85. The summed E-state index contributed by atoms with van der Waals surface area (Å²) in [5.41, 5.74) is 1.71. The summed E-state index contributed by atoms with van der Waals surface area (Å²) in [6.45, 7) is 2.09.